The van der Waals surface area contributed by atoms with Crippen LogP contribution < -0.4 is 10.1 Å². The molecule has 0 radical (unpaired) electrons. The van der Waals surface area contributed by atoms with Gasteiger partial charge >= 0.3 is 0 Å². The predicted molar refractivity (Wildman–Crippen MR) is 87.3 cm³/mol. The van der Waals surface area contributed by atoms with Gasteiger partial charge in [-0.25, -0.2) is 0 Å². The van der Waals surface area contributed by atoms with Crippen molar-refractivity contribution in [2.75, 3.05) is 0 Å². The van der Waals surface area contributed by atoms with E-state index >= 15 is 0 Å². The molecular weight excluding hydrogens is 330 g/mol. The standard InChI is InChI=1S/C17H18BrNO2/c1-12-4-3-5-14(10-12)11-19-17(20)13(2)21-16-8-6-15(18)7-9-16/h3-10,13H,11H2,1-2H3,(H,19,20)/t13-/m1/s1. The van der Waals surface area contributed by atoms with Crippen molar-refractivity contribution >= 4 is 21.8 Å². The number of hydrogen-bond acceptors (Lipinski definition) is 2. The summed E-state index contributed by atoms with van der Waals surface area (Å²) in [6, 6.07) is 15.5. The number of aryl methyl sites for hydroxylation is 1. The summed E-state index contributed by atoms with van der Waals surface area (Å²) in [6.45, 7) is 4.28. The summed E-state index contributed by atoms with van der Waals surface area (Å²) < 4.78 is 6.59. The third-order valence-corrected chi connectivity index (χ3v) is 3.57. The first-order valence-corrected chi connectivity index (χ1v) is 7.59. The Balaban J connectivity index is 1.86. The highest BCUT2D eigenvalue weighted by Crippen LogP contribution is 2.17. The van der Waals surface area contributed by atoms with Crippen LogP contribution >= 0.6 is 15.9 Å². The third-order valence-electron chi connectivity index (χ3n) is 3.04. The van der Waals surface area contributed by atoms with Crippen molar-refractivity contribution in [2.24, 2.45) is 0 Å². The number of carbonyl (C=O) groups excluding carboxylic acids is 1. The number of benzene rings is 2. The topological polar surface area (TPSA) is 38.3 Å². The first kappa shape index (κ1) is 15.6. The first-order chi connectivity index (χ1) is 10.0. The molecule has 0 aliphatic carbocycles. The van der Waals surface area contributed by atoms with Crippen molar-refractivity contribution in [3.8, 4) is 5.75 Å². The quantitative estimate of drug-likeness (QED) is 0.892. The van der Waals surface area contributed by atoms with E-state index in [2.05, 4.69) is 27.3 Å². The second-order valence-electron chi connectivity index (χ2n) is 4.92. The molecule has 2 rings (SSSR count). The van der Waals surface area contributed by atoms with Gasteiger partial charge in [-0.2, -0.15) is 0 Å². The van der Waals surface area contributed by atoms with E-state index in [1.54, 1.807) is 6.92 Å². The average Bonchev–Trinajstić information content (AvgIpc) is 2.47. The average molecular weight is 348 g/mol. The van der Waals surface area contributed by atoms with E-state index < -0.39 is 6.10 Å². The van der Waals surface area contributed by atoms with E-state index in [9.17, 15) is 4.79 Å². The van der Waals surface area contributed by atoms with Crippen molar-refractivity contribution in [3.05, 3.63) is 64.1 Å². The smallest absolute Gasteiger partial charge is 0.261 e. The minimum atomic E-state index is -0.531. The van der Waals surface area contributed by atoms with Crippen molar-refractivity contribution in [1.29, 1.82) is 0 Å². The molecule has 0 spiro atoms. The molecule has 0 fully saturated rings. The van der Waals surface area contributed by atoms with Gasteiger partial charge in [-0.1, -0.05) is 45.8 Å². The molecule has 1 N–H and O–H groups in total. The summed E-state index contributed by atoms with van der Waals surface area (Å²) in [4.78, 5) is 12.0. The van der Waals surface area contributed by atoms with Crippen molar-refractivity contribution in [3.63, 3.8) is 0 Å². The Morgan fingerprint density at radius 1 is 1.24 bits per heavy atom. The molecule has 0 saturated carbocycles. The number of halogens is 1. The highest BCUT2D eigenvalue weighted by molar-refractivity contribution is 9.10. The molecule has 4 heteroatoms. The molecular formula is C17H18BrNO2. The third kappa shape index (κ3) is 4.90. The SMILES string of the molecule is Cc1cccc(CNC(=O)[C@@H](C)Oc2ccc(Br)cc2)c1. The Morgan fingerprint density at radius 2 is 1.95 bits per heavy atom. The second kappa shape index (κ2) is 7.27. The fourth-order valence-corrected chi connectivity index (χ4v) is 2.19. The van der Waals surface area contributed by atoms with E-state index in [4.69, 9.17) is 4.74 Å². The predicted octanol–water partition coefficient (Wildman–Crippen LogP) is 3.84. The molecule has 0 bridgehead atoms. The van der Waals surface area contributed by atoms with Crippen LogP contribution in [0.25, 0.3) is 0 Å². The summed E-state index contributed by atoms with van der Waals surface area (Å²) in [5.41, 5.74) is 2.26. The number of nitrogens with one attached hydrogen (secondary N) is 1. The van der Waals surface area contributed by atoms with Crippen molar-refractivity contribution < 1.29 is 9.53 Å². The van der Waals surface area contributed by atoms with E-state index in [1.165, 1.54) is 5.56 Å². The molecule has 0 saturated heterocycles. The molecule has 2 aromatic rings. The van der Waals surface area contributed by atoms with Crippen LogP contribution in [0.2, 0.25) is 0 Å². The van der Waals surface area contributed by atoms with Crippen LogP contribution in [-0.2, 0) is 11.3 Å². The largest absolute Gasteiger partial charge is 0.481 e. The molecule has 0 unspecified atom stereocenters. The Kier molecular flexibility index (Phi) is 5.39. The van der Waals surface area contributed by atoms with E-state index in [0.717, 1.165) is 10.0 Å². The zero-order chi connectivity index (χ0) is 15.2. The number of ether oxygens (including phenoxy) is 1. The fraction of sp³-hybridized carbons (Fsp3) is 0.235. The molecule has 0 aliphatic heterocycles. The lowest BCUT2D eigenvalue weighted by atomic mass is 10.1. The van der Waals surface area contributed by atoms with Gasteiger partial charge in [-0.3, -0.25) is 4.79 Å². The van der Waals surface area contributed by atoms with Gasteiger partial charge in [0, 0.05) is 11.0 Å². The van der Waals surface area contributed by atoms with Crippen LogP contribution in [-0.4, -0.2) is 12.0 Å². The van der Waals surface area contributed by atoms with Gasteiger partial charge in [-0.05, 0) is 43.7 Å². The highest BCUT2D eigenvalue weighted by atomic mass is 79.9. The van der Waals surface area contributed by atoms with Crippen molar-refractivity contribution in [2.45, 2.75) is 26.5 Å². The summed E-state index contributed by atoms with van der Waals surface area (Å²) in [7, 11) is 0. The second-order valence-corrected chi connectivity index (χ2v) is 5.84. The van der Waals surface area contributed by atoms with Crippen LogP contribution in [0.4, 0.5) is 0 Å². The first-order valence-electron chi connectivity index (χ1n) is 6.80. The summed E-state index contributed by atoms with van der Waals surface area (Å²) >= 11 is 3.36. The molecule has 110 valence electrons. The lowest BCUT2D eigenvalue weighted by Crippen LogP contribution is -2.35. The fourth-order valence-electron chi connectivity index (χ4n) is 1.93. The minimum absolute atomic E-state index is 0.126. The maximum absolute atomic E-state index is 12.0. The molecule has 0 heterocycles. The summed E-state index contributed by atoms with van der Waals surface area (Å²) in [5.74, 6) is 0.552. The van der Waals surface area contributed by atoms with E-state index in [-0.39, 0.29) is 5.91 Å². The monoisotopic (exact) mass is 347 g/mol. The van der Waals surface area contributed by atoms with Gasteiger partial charge in [0.2, 0.25) is 0 Å². The van der Waals surface area contributed by atoms with Crippen LogP contribution in [0.1, 0.15) is 18.1 Å². The maximum Gasteiger partial charge on any atom is 0.261 e. The van der Waals surface area contributed by atoms with Gasteiger partial charge in [-0.15, -0.1) is 0 Å². The zero-order valence-corrected chi connectivity index (χ0v) is 13.7. The van der Waals surface area contributed by atoms with Gasteiger partial charge < -0.3 is 10.1 Å². The number of hydrogen-bond donors (Lipinski definition) is 1. The molecule has 1 atom stereocenters. The maximum atomic E-state index is 12.0. The van der Waals surface area contributed by atoms with Crippen LogP contribution in [0, 0.1) is 6.92 Å². The van der Waals surface area contributed by atoms with E-state index in [1.807, 2.05) is 49.4 Å². The van der Waals surface area contributed by atoms with Gasteiger partial charge in [0.05, 0.1) is 0 Å². The van der Waals surface area contributed by atoms with Gasteiger partial charge in [0.25, 0.3) is 5.91 Å². The van der Waals surface area contributed by atoms with Crippen LogP contribution in [0.5, 0.6) is 5.75 Å². The molecule has 2 aromatic carbocycles. The zero-order valence-electron chi connectivity index (χ0n) is 12.1. The molecule has 0 aliphatic rings. The van der Waals surface area contributed by atoms with Gasteiger partial charge in [0.1, 0.15) is 5.75 Å². The summed E-state index contributed by atoms with van der Waals surface area (Å²) in [6.07, 6.45) is -0.531. The lowest BCUT2D eigenvalue weighted by molar-refractivity contribution is -0.127. The normalized spacial score (nSPS) is 11.8. The summed E-state index contributed by atoms with van der Waals surface area (Å²) in [5, 5.41) is 2.88. The van der Waals surface area contributed by atoms with E-state index in [0.29, 0.717) is 12.3 Å². The Morgan fingerprint density at radius 3 is 2.62 bits per heavy atom. The highest BCUT2D eigenvalue weighted by Gasteiger charge is 2.14. The molecule has 1 amide bonds. The Labute approximate surface area is 133 Å². The molecule has 3 nitrogen and oxygen atoms in total. The Hall–Kier alpha value is -1.81. The number of rotatable bonds is 5. The number of carbonyl (C=O) groups is 1. The molecule has 0 aromatic heterocycles. The number of amides is 1. The van der Waals surface area contributed by atoms with Crippen LogP contribution in [0.3, 0.4) is 0 Å². The van der Waals surface area contributed by atoms with Gasteiger partial charge in [0.15, 0.2) is 6.10 Å². The molecule has 21 heavy (non-hydrogen) atoms. The Bertz CT molecular complexity index is 610. The van der Waals surface area contributed by atoms with Crippen LogP contribution in [0.15, 0.2) is 53.0 Å². The minimum Gasteiger partial charge on any atom is -0.481 e. The van der Waals surface area contributed by atoms with Crippen molar-refractivity contribution in [1.82, 2.24) is 5.32 Å². The lowest BCUT2D eigenvalue weighted by Gasteiger charge is -2.15.